The first-order valence-electron chi connectivity index (χ1n) is 7.29. The fraction of sp³-hybridized carbons (Fsp3) is 0.118. The lowest BCUT2D eigenvalue weighted by molar-refractivity contribution is 0.402. The third kappa shape index (κ3) is 3.58. The van der Waals surface area contributed by atoms with Crippen molar-refractivity contribution < 1.29 is 22.4 Å². The highest BCUT2D eigenvalue weighted by molar-refractivity contribution is 7.92. The molecule has 0 spiro atoms. The molecule has 0 fully saturated rings. The molecule has 3 rings (SSSR count). The van der Waals surface area contributed by atoms with Crippen LogP contribution in [0.25, 0.3) is 11.3 Å². The summed E-state index contributed by atoms with van der Waals surface area (Å²) in [6.07, 6.45) is 1.51. The minimum absolute atomic E-state index is 0.0149. The Bertz CT molecular complexity index is 968. The Kier molecular flexibility index (Phi) is 4.62. The highest BCUT2D eigenvalue weighted by Gasteiger charge is 2.21. The van der Waals surface area contributed by atoms with Crippen LogP contribution in [0.4, 0.5) is 5.69 Å². The maximum Gasteiger partial charge on any atom is 0.265 e. The van der Waals surface area contributed by atoms with Crippen LogP contribution in [0, 0.1) is 0 Å². The molecular weight excluding hydrogens is 344 g/mol. The summed E-state index contributed by atoms with van der Waals surface area (Å²) < 4.78 is 43.4. The van der Waals surface area contributed by atoms with E-state index in [1.165, 1.54) is 26.5 Å². The van der Waals surface area contributed by atoms with Crippen LogP contribution in [0.3, 0.4) is 0 Å². The van der Waals surface area contributed by atoms with Gasteiger partial charge < -0.3 is 14.0 Å². The van der Waals surface area contributed by atoms with Crippen molar-refractivity contribution in [3.63, 3.8) is 0 Å². The zero-order valence-corrected chi connectivity index (χ0v) is 14.4. The molecule has 0 atom stereocenters. The lowest BCUT2D eigenvalue weighted by Crippen LogP contribution is -2.14. The molecule has 0 saturated carbocycles. The maximum atomic E-state index is 12.7. The Balaban J connectivity index is 1.96. The second-order valence-corrected chi connectivity index (χ2v) is 6.73. The van der Waals surface area contributed by atoms with E-state index >= 15 is 0 Å². The summed E-state index contributed by atoms with van der Waals surface area (Å²) in [6.45, 7) is 0. The van der Waals surface area contributed by atoms with Gasteiger partial charge in [0.25, 0.3) is 10.0 Å². The molecule has 0 saturated heterocycles. The highest BCUT2D eigenvalue weighted by atomic mass is 32.2. The van der Waals surface area contributed by atoms with Crippen molar-refractivity contribution in [2.45, 2.75) is 4.90 Å². The molecule has 1 aromatic heterocycles. The maximum absolute atomic E-state index is 12.7. The van der Waals surface area contributed by atoms with Gasteiger partial charge in [0, 0.05) is 17.7 Å². The van der Waals surface area contributed by atoms with Crippen LogP contribution < -0.4 is 14.2 Å². The number of methoxy groups -OCH3 is 2. The molecule has 1 heterocycles. The number of nitrogens with one attached hydrogen (secondary N) is 1. The fourth-order valence-corrected chi connectivity index (χ4v) is 3.51. The van der Waals surface area contributed by atoms with Crippen LogP contribution in [0.1, 0.15) is 0 Å². The number of benzene rings is 2. The molecule has 130 valence electrons. The summed E-state index contributed by atoms with van der Waals surface area (Å²) in [6, 6.07) is 13.0. The Morgan fingerprint density at radius 2 is 1.88 bits per heavy atom. The summed E-state index contributed by atoms with van der Waals surface area (Å²) >= 11 is 0. The van der Waals surface area contributed by atoms with E-state index in [2.05, 4.69) is 9.88 Å². The Morgan fingerprint density at radius 1 is 1.04 bits per heavy atom. The lowest BCUT2D eigenvalue weighted by Gasteiger charge is -2.13. The molecule has 0 aliphatic heterocycles. The average molecular weight is 360 g/mol. The molecule has 0 radical (unpaired) electrons. The molecule has 0 aliphatic carbocycles. The number of anilines is 1. The van der Waals surface area contributed by atoms with E-state index in [9.17, 15) is 8.42 Å². The predicted octanol–water partition coefficient (Wildman–Crippen LogP) is 3.16. The minimum Gasteiger partial charge on any atom is -0.497 e. The molecule has 25 heavy (non-hydrogen) atoms. The number of rotatable bonds is 6. The van der Waals surface area contributed by atoms with E-state index in [1.807, 2.05) is 0 Å². The van der Waals surface area contributed by atoms with E-state index < -0.39 is 10.0 Å². The molecule has 3 aromatic rings. The van der Waals surface area contributed by atoms with E-state index in [0.29, 0.717) is 22.8 Å². The van der Waals surface area contributed by atoms with Gasteiger partial charge in [0.05, 0.1) is 26.1 Å². The summed E-state index contributed by atoms with van der Waals surface area (Å²) in [5, 5.41) is 3.64. The Hall–Kier alpha value is -3.00. The van der Waals surface area contributed by atoms with E-state index in [0.717, 1.165) is 0 Å². The van der Waals surface area contributed by atoms with Crippen molar-refractivity contribution in [3.05, 3.63) is 54.7 Å². The summed E-state index contributed by atoms with van der Waals surface area (Å²) in [5.41, 5.74) is 1.05. The predicted molar refractivity (Wildman–Crippen MR) is 92.3 cm³/mol. The molecule has 7 nitrogen and oxygen atoms in total. The minimum atomic E-state index is -3.84. The zero-order valence-electron chi connectivity index (χ0n) is 13.6. The highest BCUT2D eigenvalue weighted by Crippen LogP contribution is 2.31. The van der Waals surface area contributed by atoms with Crippen LogP contribution in [-0.2, 0) is 10.0 Å². The average Bonchev–Trinajstić information content (AvgIpc) is 3.15. The Morgan fingerprint density at radius 3 is 2.56 bits per heavy atom. The van der Waals surface area contributed by atoms with Crippen molar-refractivity contribution >= 4 is 15.7 Å². The van der Waals surface area contributed by atoms with Crippen LogP contribution in [0.5, 0.6) is 11.5 Å². The van der Waals surface area contributed by atoms with Gasteiger partial charge in [-0.2, -0.15) is 0 Å². The van der Waals surface area contributed by atoms with Gasteiger partial charge in [0.15, 0.2) is 5.76 Å². The van der Waals surface area contributed by atoms with Crippen molar-refractivity contribution in [2.75, 3.05) is 18.9 Å². The quantitative estimate of drug-likeness (QED) is 0.726. The van der Waals surface area contributed by atoms with Gasteiger partial charge in [-0.25, -0.2) is 8.42 Å². The first kappa shape index (κ1) is 16.8. The Labute approximate surface area is 145 Å². The van der Waals surface area contributed by atoms with Gasteiger partial charge in [0.1, 0.15) is 16.4 Å². The smallest absolute Gasteiger partial charge is 0.265 e. The SMILES string of the molecule is COc1cccc(NS(=O)(=O)c2ccc(-c3ccno3)cc2OC)c1. The van der Waals surface area contributed by atoms with Gasteiger partial charge in [-0.15, -0.1) is 0 Å². The summed E-state index contributed by atoms with van der Waals surface area (Å²) in [4.78, 5) is 0.0149. The van der Waals surface area contributed by atoms with Crippen molar-refractivity contribution in [1.29, 1.82) is 0 Å². The standard InChI is InChI=1S/C17H16N2O5S/c1-22-14-5-3-4-13(11-14)19-25(20,21)17-7-6-12(10-16(17)23-2)15-8-9-18-24-15/h3-11,19H,1-2H3. The number of ether oxygens (including phenoxy) is 2. The van der Waals surface area contributed by atoms with Crippen molar-refractivity contribution in [3.8, 4) is 22.8 Å². The van der Waals surface area contributed by atoms with Crippen LogP contribution in [0.2, 0.25) is 0 Å². The summed E-state index contributed by atoms with van der Waals surface area (Å²) in [5.74, 6) is 1.26. The van der Waals surface area contributed by atoms with Gasteiger partial charge in [-0.1, -0.05) is 11.2 Å². The van der Waals surface area contributed by atoms with Crippen molar-refractivity contribution in [2.24, 2.45) is 0 Å². The normalized spacial score (nSPS) is 11.1. The monoisotopic (exact) mass is 360 g/mol. The van der Waals surface area contributed by atoms with E-state index in [4.69, 9.17) is 14.0 Å². The fourth-order valence-electron chi connectivity index (χ4n) is 2.30. The number of aromatic nitrogens is 1. The van der Waals surface area contributed by atoms with Crippen molar-refractivity contribution in [1.82, 2.24) is 5.16 Å². The molecule has 0 bridgehead atoms. The molecule has 0 unspecified atom stereocenters. The lowest BCUT2D eigenvalue weighted by atomic mass is 10.1. The van der Waals surface area contributed by atoms with Gasteiger partial charge in [-0.05, 0) is 30.3 Å². The third-order valence-corrected chi connectivity index (χ3v) is 4.92. The van der Waals surface area contributed by atoms with E-state index in [1.54, 1.807) is 42.5 Å². The second kappa shape index (κ2) is 6.86. The molecule has 0 amide bonds. The second-order valence-electron chi connectivity index (χ2n) is 5.08. The van der Waals surface area contributed by atoms with Crippen LogP contribution >= 0.6 is 0 Å². The first-order valence-corrected chi connectivity index (χ1v) is 8.78. The van der Waals surface area contributed by atoms with Gasteiger partial charge >= 0.3 is 0 Å². The number of hydrogen-bond donors (Lipinski definition) is 1. The largest absolute Gasteiger partial charge is 0.497 e. The zero-order chi connectivity index (χ0) is 17.9. The molecule has 2 aromatic carbocycles. The third-order valence-electron chi connectivity index (χ3n) is 3.50. The first-order chi connectivity index (χ1) is 12.0. The molecular formula is C17H16N2O5S. The number of nitrogens with zero attached hydrogens (tertiary/aromatic N) is 1. The van der Waals surface area contributed by atoms with Crippen LogP contribution in [-0.4, -0.2) is 27.8 Å². The summed E-state index contributed by atoms with van der Waals surface area (Å²) in [7, 11) is -0.924. The topological polar surface area (TPSA) is 90.7 Å². The van der Waals surface area contributed by atoms with Crippen LogP contribution in [0.15, 0.2) is 64.1 Å². The molecule has 1 N–H and O–H groups in total. The van der Waals surface area contributed by atoms with Gasteiger partial charge in [0.2, 0.25) is 0 Å². The molecule has 0 aliphatic rings. The molecule has 8 heteroatoms. The van der Waals surface area contributed by atoms with E-state index in [-0.39, 0.29) is 10.6 Å². The number of sulfonamides is 1. The van der Waals surface area contributed by atoms with Gasteiger partial charge in [-0.3, -0.25) is 4.72 Å². The number of hydrogen-bond acceptors (Lipinski definition) is 6.